The number of hydrogen-bond acceptors (Lipinski definition) is 4. The molecule has 0 spiro atoms. The van der Waals surface area contributed by atoms with Crippen LogP contribution in [-0.4, -0.2) is 38.9 Å². The molecule has 0 aromatic carbocycles. The van der Waals surface area contributed by atoms with Crippen LogP contribution < -0.4 is 5.32 Å². The Balaban J connectivity index is 1.93. The molecular weight excluding hydrogens is 304 g/mol. The lowest BCUT2D eigenvalue weighted by atomic mass is 10.1. The Morgan fingerprint density at radius 2 is 2.14 bits per heavy atom. The summed E-state index contributed by atoms with van der Waals surface area (Å²) in [7, 11) is -1.64. The van der Waals surface area contributed by atoms with Gasteiger partial charge >= 0.3 is 0 Å². The molecule has 6 heteroatoms. The third kappa shape index (κ3) is 4.77. The van der Waals surface area contributed by atoms with Gasteiger partial charge in [-0.1, -0.05) is 20.3 Å². The first-order chi connectivity index (χ1) is 9.93. The molecule has 21 heavy (non-hydrogen) atoms. The first kappa shape index (κ1) is 16.9. The van der Waals surface area contributed by atoms with Gasteiger partial charge in [0.2, 0.25) is 0 Å². The third-order valence-corrected chi connectivity index (χ3v) is 7.38. The molecule has 1 N–H and O–H groups in total. The lowest BCUT2D eigenvalue weighted by Gasteiger charge is -2.19. The van der Waals surface area contributed by atoms with E-state index in [1.807, 2.05) is 6.07 Å². The van der Waals surface area contributed by atoms with Gasteiger partial charge in [0.1, 0.15) is 4.21 Å². The van der Waals surface area contributed by atoms with E-state index < -0.39 is 10.0 Å². The molecule has 0 amide bonds. The van der Waals surface area contributed by atoms with Crippen molar-refractivity contribution in [1.82, 2.24) is 9.62 Å². The van der Waals surface area contributed by atoms with Gasteiger partial charge in [0.05, 0.1) is 0 Å². The first-order valence-corrected chi connectivity index (χ1v) is 9.97. The van der Waals surface area contributed by atoms with Crippen molar-refractivity contribution in [1.29, 1.82) is 0 Å². The molecule has 1 aliphatic rings. The number of rotatable bonds is 9. The molecule has 0 saturated heterocycles. The van der Waals surface area contributed by atoms with E-state index in [9.17, 15) is 8.42 Å². The van der Waals surface area contributed by atoms with Gasteiger partial charge in [0.25, 0.3) is 10.0 Å². The minimum Gasteiger partial charge on any atom is -0.314 e. The topological polar surface area (TPSA) is 49.4 Å². The molecule has 1 unspecified atom stereocenters. The summed E-state index contributed by atoms with van der Waals surface area (Å²) in [5.74, 6) is 0.381. The van der Waals surface area contributed by atoms with Crippen LogP contribution in [0.5, 0.6) is 0 Å². The highest BCUT2D eigenvalue weighted by molar-refractivity contribution is 7.91. The molecular formula is C15H26N2O2S2. The van der Waals surface area contributed by atoms with E-state index in [1.165, 1.54) is 28.5 Å². The standard InChI is InChI=1S/C15H26N2O2S2/c1-4-12(2)11-17(3)21(18,19)15-8-7-14(20-15)9-10-16-13-5-6-13/h7-8,12-13,16H,4-6,9-11H2,1-3H3. The zero-order valence-corrected chi connectivity index (χ0v) is 14.8. The second-order valence-corrected chi connectivity index (χ2v) is 9.44. The molecule has 0 aliphatic heterocycles. The summed E-state index contributed by atoms with van der Waals surface area (Å²) >= 11 is 1.41. The highest BCUT2D eigenvalue weighted by Gasteiger charge is 2.24. The Morgan fingerprint density at radius 1 is 1.43 bits per heavy atom. The van der Waals surface area contributed by atoms with E-state index >= 15 is 0 Å². The van der Waals surface area contributed by atoms with Gasteiger partial charge in [-0.25, -0.2) is 8.42 Å². The molecule has 120 valence electrons. The number of hydrogen-bond donors (Lipinski definition) is 1. The Hall–Kier alpha value is -0.430. The van der Waals surface area contributed by atoms with Crippen LogP contribution in [0, 0.1) is 5.92 Å². The average molecular weight is 331 g/mol. The van der Waals surface area contributed by atoms with Crippen LogP contribution in [0.3, 0.4) is 0 Å². The molecule has 1 fully saturated rings. The van der Waals surface area contributed by atoms with Crippen molar-refractivity contribution >= 4 is 21.4 Å². The van der Waals surface area contributed by atoms with Gasteiger partial charge in [-0.2, -0.15) is 4.31 Å². The number of nitrogens with zero attached hydrogens (tertiary/aromatic N) is 1. The van der Waals surface area contributed by atoms with Crippen molar-refractivity contribution < 1.29 is 8.42 Å². The smallest absolute Gasteiger partial charge is 0.252 e. The highest BCUT2D eigenvalue weighted by Crippen LogP contribution is 2.25. The van der Waals surface area contributed by atoms with Crippen LogP contribution in [0.15, 0.2) is 16.3 Å². The summed E-state index contributed by atoms with van der Waals surface area (Å²) in [6.07, 6.45) is 4.46. The number of nitrogens with one attached hydrogen (secondary N) is 1. The maximum Gasteiger partial charge on any atom is 0.252 e. The summed E-state index contributed by atoms with van der Waals surface area (Å²) in [6, 6.07) is 4.40. The molecule has 0 radical (unpaired) electrons. The van der Waals surface area contributed by atoms with E-state index in [1.54, 1.807) is 13.1 Å². The fourth-order valence-electron chi connectivity index (χ4n) is 2.14. The lowest BCUT2D eigenvalue weighted by molar-refractivity contribution is 0.394. The molecule has 2 rings (SSSR count). The van der Waals surface area contributed by atoms with Crippen LogP contribution in [-0.2, 0) is 16.4 Å². The lowest BCUT2D eigenvalue weighted by Crippen LogP contribution is -2.30. The third-order valence-electron chi connectivity index (χ3n) is 3.95. The van der Waals surface area contributed by atoms with Crippen LogP contribution >= 0.6 is 11.3 Å². The van der Waals surface area contributed by atoms with Crippen molar-refractivity contribution in [3.8, 4) is 0 Å². The minimum atomic E-state index is -3.32. The van der Waals surface area contributed by atoms with Crippen molar-refractivity contribution in [2.75, 3.05) is 20.1 Å². The zero-order chi connectivity index (χ0) is 15.5. The summed E-state index contributed by atoms with van der Waals surface area (Å²) in [5.41, 5.74) is 0. The average Bonchev–Trinajstić information content (AvgIpc) is 3.14. The number of sulfonamides is 1. The van der Waals surface area contributed by atoms with Gasteiger partial charge in [0.15, 0.2) is 0 Å². The maximum atomic E-state index is 12.5. The van der Waals surface area contributed by atoms with E-state index in [4.69, 9.17) is 0 Å². The molecule has 4 nitrogen and oxygen atoms in total. The molecule has 1 aromatic rings. The molecule has 1 aromatic heterocycles. The summed E-state index contributed by atoms with van der Waals surface area (Å²) in [5, 5.41) is 3.46. The van der Waals surface area contributed by atoms with Crippen LogP contribution in [0.2, 0.25) is 0 Å². The molecule has 1 aliphatic carbocycles. The van der Waals surface area contributed by atoms with E-state index in [-0.39, 0.29) is 0 Å². The van der Waals surface area contributed by atoms with Crippen molar-refractivity contribution in [2.24, 2.45) is 5.92 Å². The Morgan fingerprint density at radius 3 is 2.76 bits per heavy atom. The van der Waals surface area contributed by atoms with Crippen molar-refractivity contribution in [3.63, 3.8) is 0 Å². The van der Waals surface area contributed by atoms with Crippen molar-refractivity contribution in [3.05, 3.63) is 17.0 Å². The van der Waals surface area contributed by atoms with Gasteiger partial charge in [-0.15, -0.1) is 11.3 Å². The normalized spacial score (nSPS) is 17.3. The van der Waals surface area contributed by atoms with Crippen molar-refractivity contribution in [2.45, 2.75) is 49.8 Å². The predicted octanol–water partition coefficient (Wildman–Crippen LogP) is 2.71. The molecule has 1 atom stereocenters. The quantitative estimate of drug-likeness (QED) is 0.757. The molecule has 0 bridgehead atoms. The van der Waals surface area contributed by atoms with E-state index in [0.717, 1.165) is 24.3 Å². The molecule has 1 heterocycles. The summed E-state index contributed by atoms with van der Waals surface area (Å²) < 4.78 is 27.0. The van der Waals surface area contributed by atoms with Gasteiger partial charge < -0.3 is 5.32 Å². The Bertz CT molecular complexity index is 550. The van der Waals surface area contributed by atoms with Crippen LogP contribution in [0.25, 0.3) is 0 Å². The Kier molecular flexibility index (Phi) is 5.82. The predicted molar refractivity (Wildman–Crippen MR) is 88.3 cm³/mol. The highest BCUT2D eigenvalue weighted by atomic mass is 32.2. The minimum absolute atomic E-state index is 0.381. The fraction of sp³-hybridized carbons (Fsp3) is 0.733. The van der Waals surface area contributed by atoms with Gasteiger partial charge in [0, 0.05) is 31.1 Å². The van der Waals surface area contributed by atoms with E-state index in [2.05, 4.69) is 19.2 Å². The monoisotopic (exact) mass is 330 g/mol. The maximum absolute atomic E-state index is 12.5. The van der Waals surface area contributed by atoms with Crippen LogP contribution in [0.4, 0.5) is 0 Å². The van der Waals surface area contributed by atoms with E-state index in [0.29, 0.717) is 22.7 Å². The zero-order valence-electron chi connectivity index (χ0n) is 13.1. The van der Waals surface area contributed by atoms with Crippen LogP contribution in [0.1, 0.15) is 38.0 Å². The number of thiophene rings is 1. The van der Waals surface area contributed by atoms with Gasteiger partial charge in [-0.3, -0.25) is 0 Å². The summed E-state index contributed by atoms with van der Waals surface area (Å²) in [6.45, 7) is 5.68. The van der Waals surface area contributed by atoms with Gasteiger partial charge in [-0.05, 0) is 37.3 Å². The fourth-order valence-corrected chi connectivity index (χ4v) is 4.99. The Labute approximate surface area is 132 Å². The SMILES string of the molecule is CCC(C)CN(C)S(=O)(=O)c1ccc(CCNC2CC2)s1. The molecule has 1 saturated carbocycles. The second-order valence-electron chi connectivity index (χ2n) is 6.00. The first-order valence-electron chi connectivity index (χ1n) is 7.72. The summed E-state index contributed by atoms with van der Waals surface area (Å²) in [4.78, 5) is 1.14. The second kappa shape index (κ2) is 7.22. The largest absolute Gasteiger partial charge is 0.314 e.